The summed E-state index contributed by atoms with van der Waals surface area (Å²) >= 11 is 0. The lowest BCUT2D eigenvalue weighted by Crippen LogP contribution is -2.25. The van der Waals surface area contributed by atoms with Gasteiger partial charge in [-0.05, 0) is 96.2 Å². The molecule has 7 rings (SSSR count). The van der Waals surface area contributed by atoms with E-state index in [4.69, 9.17) is 0 Å². The van der Waals surface area contributed by atoms with Crippen molar-refractivity contribution in [2.75, 3.05) is 17.4 Å². The fraction of sp³-hybridized carbons (Fsp3) is 0.297. The lowest BCUT2D eigenvalue weighted by Gasteiger charge is -2.47. The first kappa shape index (κ1) is 24.8. The maximum absolute atomic E-state index is 2.63. The number of fused-ring (bicyclic) bond motifs is 3. The molecule has 0 saturated carbocycles. The van der Waals surface area contributed by atoms with Crippen molar-refractivity contribution in [2.45, 2.75) is 50.2 Å². The number of anilines is 2. The average molecular weight is 530 g/mol. The third kappa shape index (κ3) is 3.75. The van der Waals surface area contributed by atoms with Crippen LogP contribution in [0.5, 0.6) is 0 Å². The van der Waals surface area contributed by atoms with Gasteiger partial charge in [-0.15, -0.1) is 0 Å². The first-order chi connectivity index (χ1) is 18.9. The fourth-order valence-electron chi connectivity index (χ4n) is 8.24. The normalized spacial score (nSPS) is 23.8. The van der Waals surface area contributed by atoms with E-state index in [9.17, 15) is 0 Å². The van der Waals surface area contributed by atoms with Crippen LogP contribution >= 0.6 is 10.0 Å². The van der Waals surface area contributed by atoms with E-state index in [2.05, 4.69) is 135 Å². The summed E-state index contributed by atoms with van der Waals surface area (Å²) in [7, 11) is -1.06. The lowest BCUT2D eigenvalue weighted by atomic mass is 9.97. The Kier molecular flexibility index (Phi) is 5.83. The molecule has 1 nitrogen and oxygen atoms in total. The van der Waals surface area contributed by atoms with Crippen molar-refractivity contribution in [2.24, 2.45) is 5.92 Å². The van der Waals surface area contributed by atoms with Gasteiger partial charge in [0, 0.05) is 27.9 Å². The Balaban J connectivity index is 1.31. The van der Waals surface area contributed by atoms with E-state index in [0.29, 0.717) is 22.5 Å². The Morgan fingerprint density at radius 1 is 0.718 bits per heavy atom. The molecule has 0 bridgehead atoms. The Bertz CT molecular complexity index is 1600. The van der Waals surface area contributed by atoms with Gasteiger partial charge in [0.2, 0.25) is 0 Å². The van der Waals surface area contributed by atoms with E-state index in [0.717, 1.165) is 6.42 Å². The monoisotopic (exact) mass is 529 g/mol. The highest BCUT2D eigenvalue weighted by atomic mass is 32.3. The van der Waals surface area contributed by atoms with Crippen LogP contribution in [0.2, 0.25) is 0 Å². The van der Waals surface area contributed by atoms with Crippen molar-refractivity contribution in [1.82, 2.24) is 0 Å². The zero-order valence-corrected chi connectivity index (χ0v) is 24.6. The summed E-state index contributed by atoms with van der Waals surface area (Å²) in [6, 6.07) is 34.6. The number of hydrogen-bond acceptors (Lipinski definition) is 1. The summed E-state index contributed by atoms with van der Waals surface area (Å²) in [4.78, 5) is 2.63. The molecule has 2 aliphatic carbocycles. The fourth-order valence-corrected chi connectivity index (χ4v) is 12.6. The molecule has 1 aliphatic heterocycles. The molecule has 0 spiro atoms. The van der Waals surface area contributed by atoms with Crippen molar-refractivity contribution < 1.29 is 0 Å². The molecule has 0 radical (unpaired) electrons. The summed E-state index contributed by atoms with van der Waals surface area (Å²) in [5.41, 5.74) is 14.7. The number of rotatable bonds is 4. The van der Waals surface area contributed by atoms with Gasteiger partial charge >= 0.3 is 0 Å². The molecule has 4 unspecified atom stereocenters. The first-order valence-electron chi connectivity index (χ1n) is 14.4. The van der Waals surface area contributed by atoms with E-state index in [1.807, 2.05) is 0 Å². The van der Waals surface area contributed by atoms with Gasteiger partial charge in [-0.3, -0.25) is 0 Å². The SMILES string of the molecule is CC1=Cc2c(-c3ccccc3)cccc2C1S(C)(C)C1c2cccc(N3c4ccccc4CC3C)c2CC1C. The van der Waals surface area contributed by atoms with Crippen LogP contribution in [0.15, 0.2) is 96.6 Å². The van der Waals surface area contributed by atoms with Crippen LogP contribution in [-0.2, 0) is 12.8 Å². The van der Waals surface area contributed by atoms with E-state index in [1.165, 1.54) is 51.2 Å². The summed E-state index contributed by atoms with van der Waals surface area (Å²) in [6.07, 6.45) is 10.0. The third-order valence-electron chi connectivity index (χ3n) is 9.56. The van der Waals surface area contributed by atoms with Crippen molar-refractivity contribution >= 4 is 27.5 Å². The van der Waals surface area contributed by atoms with Crippen LogP contribution in [-0.4, -0.2) is 18.6 Å². The Morgan fingerprint density at radius 2 is 1.41 bits per heavy atom. The zero-order chi connectivity index (χ0) is 26.9. The van der Waals surface area contributed by atoms with Crippen molar-refractivity contribution in [3.05, 3.63) is 124 Å². The standard InChI is InChI=1S/C37H39NS/c1-24-21-32-29(27-13-7-6-8-14-27)16-11-17-30(32)36(24)39(4,5)37-25(2)22-33-31(37)18-12-20-35(33)38-26(3)23-28-15-9-10-19-34(28)38/h6-21,25-26,36-37H,22-23H2,1-5H3. The molecular formula is C37H39NS. The third-order valence-corrected chi connectivity index (χ3v) is 13.4. The molecular weight excluding hydrogens is 490 g/mol. The van der Waals surface area contributed by atoms with Crippen LogP contribution in [0.25, 0.3) is 17.2 Å². The van der Waals surface area contributed by atoms with Crippen molar-refractivity contribution in [3.8, 4) is 11.1 Å². The minimum atomic E-state index is -1.06. The Labute approximate surface area is 235 Å². The smallest absolute Gasteiger partial charge is 0.0449 e. The van der Waals surface area contributed by atoms with E-state index >= 15 is 0 Å². The number of hydrogen-bond donors (Lipinski definition) is 0. The summed E-state index contributed by atoms with van der Waals surface area (Å²) in [5.74, 6) is 0.633. The van der Waals surface area contributed by atoms with Crippen molar-refractivity contribution in [3.63, 3.8) is 0 Å². The first-order valence-corrected chi connectivity index (χ1v) is 17.0. The molecule has 39 heavy (non-hydrogen) atoms. The molecule has 0 amide bonds. The second-order valence-corrected chi connectivity index (χ2v) is 16.4. The molecule has 4 aromatic carbocycles. The highest BCUT2D eigenvalue weighted by Gasteiger charge is 2.45. The quantitative estimate of drug-likeness (QED) is 0.254. The van der Waals surface area contributed by atoms with E-state index in [-0.39, 0.29) is 0 Å². The summed E-state index contributed by atoms with van der Waals surface area (Å²) < 4.78 is 0. The van der Waals surface area contributed by atoms with Crippen LogP contribution in [0.1, 0.15) is 59.1 Å². The van der Waals surface area contributed by atoms with Gasteiger partial charge in [0.15, 0.2) is 0 Å². The van der Waals surface area contributed by atoms with Gasteiger partial charge in [-0.2, -0.15) is 0 Å². The second-order valence-electron chi connectivity index (χ2n) is 12.4. The van der Waals surface area contributed by atoms with Crippen LogP contribution in [0.3, 0.4) is 0 Å². The number of para-hydroxylation sites is 1. The zero-order valence-electron chi connectivity index (χ0n) is 23.8. The number of benzene rings is 4. The summed E-state index contributed by atoms with van der Waals surface area (Å²) in [5, 5.41) is 1.07. The molecule has 4 atom stereocenters. The lowest BCUT2D eigenvalue weighted by molar-refractivity contribution is 0.607. The van der Waals surface area contributed by atoms with E-state index in [1.54, 1.807) is 11.1 Å². The highest BCUT2D eigenvalue weighted by Crippen LogP contribution is 2.73. The minimum Gasteiger partial charge on any atom is -0.338 e. The van der Waals surface area contributed by atoms with Gasteiger partial charge in [0.05, 0.1) is 0 Å². The highest BCUT2D eigenvalue weighted by molar-refractivity contribution is 8.33. The van der Waals surface area contributed by atoms with Gasteiger partial charge in [0.1, 0.15) is 0 Å². The minimum absolute atomic E-state index is 0.490. The topological polar surface area (TPSA) is 3.24 Å². The molecule has 198 valence electrons. The van der Waals surface area contributed by atoms with Gasteiger partial charge < -0.3 is 4.90 Å². The van der Waals surface area contributed by atoms with Crippen molar-refractivity contribution in [1.29, 1.82) is 0 Å². The van der Waals surface area contributed by atoms with E-state index < -0.39 is 10.0 Å². The maximum Gasteiger partial charge on any atom is 0.0449 e. The molecule has 4 aromatic rings. The molecule has 1 heterocycles. The molecule has 3 aliphatic rings. The molecule has 2 heteroatoms. The van der Waals surface area contributed by atoms with Crippen LogP contribution in [0.4, 0.5) is 11.4 Å². The predicted molar refractivity (Wildman–Crippen MR) is 172 cm³/mol. The largest absolute Gasteiger partial charge is 0.338 e. The van der Waals surface area contributed by atoms with Gasteiger partial charge in [-0.1, -0.05) is 97.4 Å². The van der Waals surface area contributed by atoms with Gasteiger partial charge in [0.25, 0.3) is 0 Å². The molecule has 0 N–H and O–H groups in total. The maximum atomic E-state index is 2.63. The Morgan fingerprint density at radius 3 is 2.23 bits per heavy atom. The summed E-state index contributed by atoms with van der Waals surface area (Å²) in [6.45, 7) is 7.28. The number of nitrogens with zero attached hydrogens (tertiary/aromatic N) is 1. The Hall–Kier alpha value is -3.23. The average Bonchev–Trinajstić information content (AvgIpc) is 3.57. The molecule has 0 aromatic heterocycles. The van der Waals surface area contributed by atoms with Gasteiger partial charge in [-0.25, -0.2) is 10.0 Å². The van der Waals surface area contributed by atoms with Crippen LogP contribution in [0, 0.1) is 5.92 Å². The molecule has 0 saturated heterocycles. The van der Waals surface area contributed by atoms with Crippen LogP contribution < -0.4 is 4.90 Å². The molecule has 0 fully saturated rings. The second kappa shape index (κ2) is 9.17. The predicted octanol–water partition coefficient (Wildman–Crippen LogP) is 9.89.